The fraction of sp³-hybridized carbons (Fsp3) is 1.00. The molecule has 0 saturated heterocycles. The van der Waals surface area contributed by atoms with Gasteiger partial charge in [0.25, 0.3) is 0 Å². The largest absolute Gasteiger partial charge is 0.314 e. The fourth-order valence-electron chi connectivity index (χ4n) is 1.79. The summed E-state index contributed by atoms with van der Waals surface area (Å²) in [4.78, 5) is 0. The Kier molecular flexibility index (Phi) is 3.78. The molecule has 1 heteroatoms. The molecule has 1 N–H and O–H groups in total. The van der Waals surface area contributed by atoms with Gasteiger partial charge in [-0.1, -0.05) is 34.1 Å². The van der Waals surface area contributed by atoms with Gasteiger partial charge in [-0.25, -0.2) is 0 Å². The van der Waals surface area contributed by atoms with Crippen LogP contribution in [0.4, 0.5) is 0 Å². The highest BCUT2D eigenvalue weighted by molar-refractivity contribution is 4.84. The Morgan fingerprint density at radius 2 is 1.92 bits per heavy atom. The SMILES string of the molecule is CCCC(CNC1CC1)C(C)(C)C. The lowest BCUT2D eigenvalue weighted by atomic mass is 9.78. The minimum Gasteiger partial charge on any atom is -0.314 e. The van der Waals surface area contributed by atoms with Crippen LogP contribution in [0, 0.1) is 11.3 Å². The molecule has 1 saturated carbocycles. The van der Waals surface area contributed by atoms with E-state index in [9.17, 15) is 0 Å². The normalized spacial score (nSPS) is 20.3. The Morgan fingerprint density at radius 3 is 2.31 bits per heavy atom. The van der Waals surface area contributed by atoms with Crippen molar-refractivity contribution in [1.29, 1.82) is 0 Å². The quantitative estimate of drug-likeness (QED) is 0.690. The average Bonchev–Trinajstić information content (AvgIpc) is 2.78. The van der Waals surface area contributed by atoms with E-state index in [1.54, 1.807) is 0 Å². The molecule has 0 aromatic heterocycles. The second-order valence-corrected chi connectivity index (χ2v) is 5.53. The zero-order chi connectivity index (χ0) is 9.90. The zero-order valence-electron chi connectivity index (χ0n) is 9.69. The van der Waals surface area contributed by atoms with Crippen LogP contribution in [0.2, 0.25) is 0 Å². The highest BCUT2D eigenvalue weighted by Gasteiger charge is 2.27. The first-order valence-electron chi connectivity index (χ1n) is 5.77. The van der Waals surface area contributed by atoms with E-state index in [0.717, 1.165) is 12.0 Å². The Hall–Kier alpha value is -0.0400. The topological polar surface area (TPSA) is 12.0 Å². The van der Waals surface area contributed by atoms with E-state index in [1.807, 2.05) is 0 Å². The van der Waals surface area contributed by atoms with Gasteiger partial charge in [0.15, 0.2) is 0 Å². The molecule has 1 nitrogen and oxygen atoms in total. The maximum Gasteiger partial charge on any atom is 0.00683 e. The predicted octanol–water partition coefficient (Wildman–Crippen LogP) is 3.20. The smallest absolute Gasteiger partial charge is 0.00683 e. The molecule has 1 unspecified atom stereocenters. The molecular formula is C12H25N. The molecule has 0 bridgehead atoms. The number of nitrogens with one attached hydrogen (secondary N) is 1. The van der Waals surface area contributed by atoms with Gasteiger partial charge in [0.05, 0.1) is 0 Å². The van der Waals surface area contributed by atoms with Crippen LogP contribution in [0.1, 0.15) is 53.4 Å². The summed E-state index contributed by atoms with van der Waals surface area (Å²) < 4.78 is 0. The molecule has 0 aliphatic heterocycles. The standard InChI is InChI=1S/C12H25N/c1-5-6-10(12(2,3)4)9-13-11-7-8-11/h10-11,13H,5-9H2,1-4H3. The van der Waals surface area contributed by atoms with E-state index in [0.29, 0.717) is 5.41 Å². The van der Waals surface area contributed by atoms with Gasteiger partial charge in [-0.2, -0.15) is 0 Å². The lowest BCUT2D eigenvalue weighted by Crippen LogP contribution is -2.32. The van der Waals surface area contributed by atoms with Crippen LogP contribution in [0.3, 0.4) is 0 Å². The van der Waals surface area contributed by atoms with Crippen molar-refractivity contribution in [3.05, 3.63) is 0 Å². The lowest BCUT2D eigenvalue weighted by molar-refractivity contribution is 0.216. The van der Waals surface area contributed by atoms with Gasteiger partial charge in [-0.3, -0.25) is 0 Å². The Bertz CT molecular complexity index is 142. The molecule has 1 atom stereocenters. The summed E-state index contributed by atoms with van der Waals surface area (Å²) in [5.41, 5.74) is 0.470. The third-order valence-electron chi connectivity index (χ3n) is 3.09. The molecule has 1 fully saturated rings. The van der Waals surface area contributed by atoms with Crippen molar-refractivity contribution < 1.29 is 0 Å². The van der Waals surface area contributed by atoms with Gasteiger partial charge in [0.2, 0.25) is 0 Å². The molecule has 0 spiro atoms. The first-order chi connectivity index (χ1) is 6.04. The van der Waals surface area contributed by atoms with Crippen molar-refractivity contribution in [3.63, 3.8) is 0 Å². The van der Waals surface area contributed by atoms with Crippen molar-refractivity contribution in [2.45, 2.75) is 59.4 Å². The van der Waals surface area contributed by atoms with Crippen LogP contribution in [0.15, 0.2) is 0 Å². The van der Waals surface area contributed by atoms with Gasteiger partial charge in [0.1, 0.15) is 0 Å². The minimum atomic E-state index is 0.470. The zero-order valence-corrected chi connectivity index (χ0v) is 9.69. The van der Waals surface area contributed by atoms with Crippen LogP contribution in [0.25, 0.3) is 0 Å². The molecule has 78 valence electrons. The molecule has 13 heavy (non-hydrogen) atoms. The summed E-state index contributed by atoms with van der Waals surface area (Å²) in [6.07, 6.45) is 5.49. The molecule has 1 aliphatic carbocycles. The highest BCUT2D eigenvalue weighted by atomic mass is 14.9. The molecule has 0 amide bonds. The molecule has 0 radical (unpaired) electrons. The van der Waals surface area contributed by atoms with Crippen LogP contribution >= 0.6 is 0 Å². The lowest BCUT2D eigenvalue weighted by Gasteiger charge is -2.30. The summed E-state index contributed by atoms with van der Waals surface area (Å²) in [5.74, 6) is 0.845. The van der Waals surface area contributed by atoms with Crippen molar-refractivity contribution in [2.75, 3.05) is 6.54 Å². The van der Waals surface area contributed by atoms with E-state index in [-0.39, 0.29) is 0 Å². The number of hydrogen-bond donors (Lipinski definition) is 1. The van der Waals surface area contributed by atoms with Crippen LogP contribution in [-0.4, -0.2) is 12.6 Å². The first kappa shape index (κ1) is 11.0. The molecule has 0 aromatic rings. The molecule has 1 rings (SSSR count). The van der Waals surface area contributed by atoms with Gasteiger partial charge in [-0.15, -0.1) is 0 Å². The van der Waals surface area contributed by atoms with Crippen molar-refractivity contribution >= 4 is 0 Å². The van der Waals surface area contributed by atoms with E-state index in [2.05, 4.69) is 33.0 Å². The predicted molar refractivity (Wildman–Crippen MR) is 58.9 cm³/mol. The second-order valence-electron chi connectivity index (χ2n) is 5.53. The Morgan fingerprint density at radius 1 is 1.31 bits per heavy atom. The van der Waals surface area contributed by atoms with E-state index < -0.39 is 0 Å². The minimum absolute atomic E-state index is 0.470. The van der Waals surface area contributed by atoms with Gasteiger partial charge < -0.3 is 5.32 Å². The third kappa shape index (κ3) is 4.12. The van der Waals surface area contributed by atoms with E-state index >= 15 is 0 Å². The van der Waals surface area contributed by atoms with E-state index in [1.165, 1.54) is 32.2 Å². The highest BCUT2D eigenvalue weighted by Crippen LogP contribution is 2.30. The Labute approximate surface area is 83.3 Å². The summed E-state index contributed by atoms with van der Waals surface area (Å²) in [6, 6.07) is 0.863. The fourth-order valence-corrected chi connectivity index (χ4v) is 1.79. The first-order valence-corrected chi connectivity index (χ1v) is 5.77. The maximum absolute atomic E-state index is 3.65. The Balaban J connectivity index is 2.27. The van der Waals surface area contributed by atoms with Crippen LogP contribution < -0.4 is 5.32 Å². The summed E-state index contributed by atoms with van der Waals surface area (Å²) in [7, 11) is 0. The molecular weight excluding hydrogens is 158 g/mol. The van der Waals surface area contributed by atoms with Gasteiger partial charge in [-0.05, 0) is 37.1 Å². The van der Waals surface area contributed by atoms with E-state index in [4.69, 9.17) is 0 Å². The van der Waals surface area contributed by atoms with Gasteiger partial charge in [0, 0.05) is 6.04 Å². The molecule has 0 aromatic carbocycles. The summed E-state index contributed by atoms with van der Waals surface area (Å²) >= 11 is 0. The number of hydrogen-bond acceptors (Lipinski definition) is 1. The van der Waals surface area contributed by atoms with Crippen molar-refractivity contribution in [1.82, 2.24) is 5.32 Å². The van der Waals surface area contributed by atoms with Crippen LogP contribution in [0.5, 0.6) is 0 Å². The summed E-state index contributed by atoms with van der Waals surface area (Å²) in [5, 5.41) is 3.65. The van der Waals surface area contributed by atoms with Crippen molar-refractivity contribution in [3.8, 4) is 0 Å². The monoisotopic (exact) mass is 183 g/mol. The molecule has 1 aliphatic rings. The second kappa shape index (κ2) is 4.45. The van der Waals surface area contributed by atoms with Gasteiger partial charge >= 0.3 is 0 Å². The average molecular weight is 183 g/mol. The van der Waals surface area contributed by atoms with Crippen molar-refractivity contribution in [2.24, 2.45) is 11.3 Å². The number of rotatable bonds is 5. The summed E-state index contributed by atoms with van der Waals surface area (Å²) in [6.45, 7) is 10.6. The third-order valence-corrected chi connectivity index (χ3v) is 3.09. The maximum atomic E-state index is 3.65. The molecule has 0 heterocycles. The van der Waals surface area contributed by atoms with Crippen LogP contribution in [-0.2, 0) is 0 Å².